The van der Waals surface area contributed by atoms with Crippen LogP contribution in [0.3, 0.4) is 0 Å². The number of nitrogens with one attached hydrogen (secondary N) is 1. The Morgan fingerprint density at radius 3 is 2.30 bits per heavy atom. The van der Waals surface area contributed by atoms with Crippen molar-refractivity contribution in [2.75, 3.05) is 6.54 Å². The summed E-state index contributed by atoms with van der Waals surface area (Å²) in [6.45, 7) is 0.483. The molecular formula is C20H21NO2. The normalized spacial score (nSPS) is 9.74. The molecule has 0 aromatic heterocycles. The highest BCUT2D eigenvalue weighted by molar-refractivity contribution is 5.64. The molecule has 23 heavy (non-hydrogen) atoms. The maximum absolute atomic E-state index is 10.4. The van der Waals surface area contributed by atoms with E-state index in [9.17, 15) is 4.79 Å². The van der Waals surface area contributed by atoms with Crippen molar-refractivity contribution >= 4 is 6.09 Å². The van der Waals surface area contributed by atoms with Gasteiger partial charge in [-0.1, -0.05) is 66.4 Å². The number of amides is 1. The van der Waals surface area contributed by atoms with E-state index in [1.165, 1.54) is 16.7 Å². The van der Waals surface area contributed by atoms with E-state index in [1.54, 1.807) is 0 Å². The van der Waals surface area contributed by atoms with Crippen LogP contribution in [0.4, 0.5) is 4.79 Å². The number of rotatable bonds is 6. The molecule has 0 aliphatic rings. The van der Waals surface area contributed by atoms with E-state index < -0.39 is 6.09 Å². The Labute approximate surface area is 137 Å². The molecule has 0 aliphatic carbocycles. The van der Waals surface area contributed by atoms with Gasteiger partial charge in [-0.3, -0.25) is 0 Å². The summed E-state index contributed by atoms with van der Waals surface area (Å²) in [6, 6.07) is 18.6. The van der Waals surface area contributed by atoms with Crippen LogP contribution in [0.2, 0.25) is 0 Å². The van der Waals surface area contributed by atoms with E-state index in [-0.39, 0.29) is 0 Å². The molecule has 0 saturated heterocycles. The first kappa shape index (κ1) is 16.6. The van der Waals surface area contributed by atoms with Crippen LogP contribution in [0.25, 0.3) is 0 Å². The average Bonchev–Trinajstić information content (AvgIpc) is 2.57. The van der Waals surface area contributed by atoms with Gasteiger partial charge >= 0.3 is 6.09 Å². The van der Waals surface area contributed by atoms with Crippen molar-refractivity contribution in [1.29, 1.82) is 0 Å². The average molecular weight is 307 g/mol. The van der Waals surface area contributed by atoms with Crippen LogP contribution in [0.1, 0.15) is 23.1 Å². The lowest BCUT2D eigenvalue weighted by Gasteiger charge is -2.04. The van der Waals surface area contributed by atoms with Gasteiger partial charge in [0.25, 0.3) is 0 Å². The molecule has 2 aromatic carbocycles. The first-order valence-electron chi connectivity index (χ1n) is 7.78. The highest BCUT2D eigenvalue weighted by Crippen LogP contribution is 2.08. The zero-order valence-electron chi connectivity index (χ0n) is 13.1. The van der Waals surface area contributed by atoms with Crippen LogP contribution < -0.4 is 5.32 Å². The first-order valence-corrected chi connectivity index (χ1v) is 7.78. The monoisotopic (exact) mass is 307 g/mol. The van der Waals surface area contributed by atoms with Gasteiger partial charge in [-0.25, -0.2) is 4.79 Å². The fourth-order valence-electron chi connectivity index (χ4n) is 2.31. The SMILES string of the molecule is O=C(O)NCCCc1cccc(CC#CCc2ccccc2)c1. The van der Waals surface area contributed by atoms with Gasteiger partial charge in [0.05, 0.1) is 0 Å². The van der Waals surface area contributed by atoms with Gasteiger partial charge in [0.1, 0.15) is 0 Å². The molecule has 2 aromatic rings. The molecule has 2 N–H and O–H groups in total. The maximum atomic E-state index is 10.4. The van der Waals surface area contributed by atoms with Gasteiger partial charge in [0.15, 0.2) is 0 Å². The van der Waals surface area contributed by atoms with Crippen LogP contribution >= 0.6 is 0 Å². The van der Waals surface area contributed by atoms with Crippen molar-refractivity contribution in [3.05, 3.63) is 71.3 Å². The number of hydrogen-bond acceptors (Lipinski definition) is 1. The van der Waals surface area contributed by atoms with Crippen molar-refractivity contribution in [1.82, 2.24) is 5.32 Å². The Hall–Kier alpha value is -2.73. The first-order chi connectivity index (χ1) is 11.2. The maximum Gasteiger partial charge on any atom is 0.404 e. The van der Waals surface area contributed by atoms with E-state index in [1.807, 2.05) is 24.3 Å². The molecule has 1 amide bonds. The quantitative estimate of drug-likeness (QED) is 0.632. The zero-order chi connectivity index (χ0) is 16.3. The fourth-order valence-corrected chi connectivity index (χ4v) is 2.31. The number of hydrogen-bond donors (Lipinski definition) is 2. The fraction of sp³-hybridized carbons (Fsp3) is 0.250. The summed E-state index contributed by atoms with van der Waals surface area (Å²) < 4.78 is 0. The highest BCUT2D eigenvalue weighted by Gasteiger charge is 1.97. The second kappa shape index (κ2) is 9.32. The van der Waals surface area contributed by atoms with Gasteiger partial charge in [-0.15, -0.1) is 0 Å². The number of carboxylic acid groups (broad SMARTS) is 1. The standard InChI is InChI=1S/C20H21NO2/c22-20(23)21-15-7-14-19-13-6-12-18(16-19)11-5-4-10-17-8-2-1-3-9-17/h1-3,6,8-9,12-13,16,21H,7,10-11,14-15H2,(H,22,23). The highest BCUT2D eigenvalue weighted by atomic mass is 16.4. The predicted molar refractivity (Wildman–Crippen MR) is 92.4 cm³/mol. The molecule has 3 nitrogen and oxygen atoms in total. The van der Waals surface area contributed by atoms with Crippen molar-refractivity contribution in [2.45, 2.75) is 25.7 Å². The Kier molecular flexibility index (Phi) is 6.74. The minimum atomic E-state index is -0.965. The molecule has 3 heteroatoms. The third-order valence-corrected chi connectivity index (χ3v) is 3.46. The van der Waals surface area contributed by atoms with E-state index >= 15 is 0 Å². The van der Waals surface area contributed by atoms with Crippen molar-refractivity contribution < 1.29 is 9.90 Å². The lowest BCUT2D eigenvalue weighted by atomic mass is 10.0. The molecule has 0 spiro atoms. The number of carbonyl (C=O) groups is 1. The summed E-state index contributed by atoms with van der Waals surface area (Å²) >= 11 is 0. The van der Waals surface area contributed by atoms with Gasteiger partial charge in [-0.2, -0.15) is 0 Å². The molecule has 0 atom stereocenters. The molecular weight excluding hydrogens is 286 g/mol. The molecule has 0 aliphatic heterocycles. The van der Waals surface area contributed by atoms with Crippen LogP contribution in [0.5, 0.6) is 0 Å². The lowest BCUT2D eigenvalue weighted by molar-refractivity contribution is 0.194. The van der Waals surface area contributed by atoms with Crippen LogP contribution in [-0.4, -0.2) is 17.7 Å². The van der Waals surface area contributed by atoms with Gasteiger partial charge in [0, 0.05) is 19.4 Å². The molecule has 0 radical (unpaired) electrons. The van der Waals surface area contributed by atoms with E-state index in [0.717, 1.165) is 25.7 Å². The van der Waals surface area contributed by atoms with Crippen molar-refractivity contribution in [2.24, 2.45) is 0 Å². The summed E-state index contributed by atoms with van der Waals surface area (Å²) in [7, 11) is 0. The Balaban J connectivity index is 1.79. The van der Waals surface area contributed by atoms with E-state index in [4.69, 9.17) is 5.11 Å². The second-order valence-electron chi connectivity index (χ2n) is 5.35. The third-order valence-electron chi connectivity index (χ3n) is 3.46. The summed E-state index contributed by atoms with van der Waals surface area (Å²) in [4.78, 5) is 10.4. The second-order valence-corrected chi connectivity index (χ2v) is 5.35. The van der Waals surface area contributed by atoms with Gasteiger partial charge in [-0.05, 0) is 29.5 Å². The Morgan fingerprint density at radius 1 is 0.913 bits per heavy atom. The van der Waals surface area contributed by atoms with Crippen LogP contribution in [0.15, 0.2) is 54.6 Å². The predicted octanol–water partition coefficient (Wildman–Crippen LogP) is 3.68. The van der Waals surface area contributed by atoms with Gasteiger partial charge in [0.2, 0.25) is 0 Å². The van der Waals surface area contributed by atoms with Gasteiger partial charge < -0.3 is 10.4 Å². The minimum Gasteiger partial charge on any atom is -0.465 e. The van der Waals surface area contributed by atoms with Crippen molar-refractivity contribution in [3.63, 3.8) is 0 Å². The smallest absolute Gasteiger partial charge is 0.404 e. The Bertz CT molecular complexity index is 684. The van der Waals surface area contributed by atoms with Crippen molar-refractivity contribution in [3.8, 4) is 11.8 Å². The summed E-state index contributed by atoms with van der Waals surface area (Å²) in [5.74, 6) is 6.43. The molecule has 0 bridgehead atoms. The topological polar surface area (TPSA) is 49.3 Å². The summed E-state index contributed by atoms with van der Waals surface area (Å²) in [5.41, 5.74) is 3.66. The van der Waals surface area contributed by atoms with Crippen LogP contribution in [-0.2, 0) is 19.3 Å². The molecule has 0 heterocycles. The minimum absolute atomic E-state index is 0.483. The molecule has 2 rings (SSSR count). The number of benzene rings is 2. The molecule has 0 fully saturated rings. The van der Waals surface area contributed by atoms with E-state index in [0.29, 0.717) is 6.54 Å². The largest absolute Gasteiger partial charge is 0.465 e. The third kappa shape index (κ3) is 6.71. The lowest BCUT2D eigenvalue weighted by Crippen LogP contribution is -2.22. The molecule has 0 saturated carbocycles. The summed E-state index contributed by atoms with van der Waals surface area (Å²) in [6.07, 6.45) is 2.23. The molecule has 0 unspecified atom stereocenters. The Morgan fingerprint density at radius 2 is 1.57 bits per heavy atom. The van der Waals surface area contributed by atoms with Crippen LogP contribution in [0, 0.1) is 11.8 Å². The number of aryl methyl sites for hydroxylation is 1. The van der Waals surface area contributed by atoms with E-state index in [2.05, 4.69) is 47.5 Å². The molecule has 118 valence electrons. The summed E-state index contributed by atoms with van der Waals surface area (Å²) in [5, 5.41) is 10.9. The zero-order valence-corrected chi connectivity index (χ0v) is 13.1.